The van der Waals surface area contributed by atoms with Crippen LogP contribution < -0.4 is 10.6 Å². The molecule has 2 aromatic carbocycles. The minimum Gasteiger partial charge on any atom is -0.337 e. The number of hydrogen-bond acceptors (Lipinski definition) is 4. The highest BCUT2D eigenvalue weighted by Crippen LogP contribution is 2.24. The Hall–Kier alpha value is -2.86. The van der Waals surface area contributed by atoms with Crippen molar-refractivity contribution in [1.29, 1.82) is 0 Å². The van der Waals surface area contributed by atoms with Crippen molar-refractivity contribution in [2.75, 3.05) is 5.32 Å². The van der Waals surface area contributed by atoms with Crippen LogP contribution in [0.25, 0.3) is 11.4 Å². The van der Waals surface area contributed by atoms with E-state index >= 15 is 0 Å². The van der Waals surface area contributed by atoms with E-state index in [-0.39, 0.29) is 12.6 Å². The van der Waals surface area contributed by atoms with E-state index in [1.807, 2.05) is 30.3 Å². The van der Waals surface area contributed by atoms with Crippen LogP contribution in [0.4, 0.5) is 10.5 Å². The number of amides is 2. The molecule has 1 heterocycles. The van der Waals surface area contributed by atoms with E-state index in [4.69, 9.17) is 16.1 Å². The Kier molecular flexibility index (Phi) is 4.54. The molecule has 1 aromatic heterocycles. The second kappa shape index (κ2) is 6.93. The second-order valence-electron chi connectivity index (χ2n) is 4.67. The number of para-hydroxylation sites is 1. The van der Waals surface area contributed by atoms with Crippen molar-refractivity contribution < 1.29 is 9.32 Å². The Balaban J connectivity index is 1.59. The van der Waals surface area contributed by atoms with Crippen molar-refractivity contribution in [3.63, 3.8) is 0 Å². The number of nitrogens with zero attached hydrogens (tertiary/aromatic N) is 2. The first-order valence-corrected chi connectivity index (χ1v) is 7.27. The van der Waals surface area contributed by atoms with Gasteiger partial charge in [-0.05, 0) is 24.3 Å². The monoisotopic (exact) mass is 328 g/mol. The first kappa shape index (κ1) is 15.1. The summed E-state index contributed by atoms with van der Waals surface area (Å²) in [5.74, 6) is 0.680. The molecule has 3 rings (SSSR count). The molecular formula is C16H13ClN4O2. The van der Waals surface area contributed by atoms with E-state index in [9.17, 15) is 4.79 Å². The van der Waals surface area contributed by atoms with Gasteiger partial charge in [0.15, 0.2) is 0 Å². The maximum absolute atomic E-state index is 11.8. The molecule has 2 amide bonds. The third-order valence-corrected chi connectivity index (χ3v) is 3.34. The highest BCUT2D eigenvalue weighted by Gasteiger charge is 2.12. The maximum atomic E-state index is 11.8. The van der Waals surface area contributed by atoms with Gasteiger partial charge in [0.1, 0.15) is 0 Å². The van der Waals surface area contributed by atoms with Gasteiger partial charge in [0.25, 0.3) is 0 Å². The van der Waals surface area contributed by atoms with Gasteiger partial charge in [0.2, 0.25) is 11.7 Å². The van der Waals surface area contributed by atoms with Crippen molar-refractivity contribution in [3.8, 4) is 11.4 Å². The largest absolute Gasteiger partial charge is 0.337 e. The number of carbonyl (C=O) groups excluding carboxylic acids is 1. The Morgan fingerprint density at radius 1 is 1.09 bits per heavy atom. The van der Waals surface area contributed by atoms with E-state index in [1.165, 1.54) is 0 Å². The quantitative estimate of drug-likeness (QED) is 0.765. The normalized spacial score (nSPS) is 10.3. The first-order chi connectivity index (χ1) is 11.2. The number of halogens is 1. The van der Waals surface area contributed by atoms with E-state index in [2.05, 4.69) is 20.8 Å². The summed E-state index contributed by atoms with van der Waals surface area (Å²) in [6, 6.07) is 16.0. The Labute approximate surface area is 137 Å². The zero-order chi connectivity index (χ0) is 16.1. The smallest absolute Gasteiger partial charge is 0.319 e. The van der Waals surface area contributed by atoms with E-state index < -0.39 is 0 Å². The molecule has 116 valence electrons. The number of aromatic nitrogens is 2. The summed E-state index contributed by atoms with van der Waals surface area (Å²) in [7, 11) is 0. The number of nitrogens with one attached hydrogen (secondary N) is 2. The summed E-state index contributed by atoms with van der Waals surface area (Å²) < 4.78 is 5.11. The second-order valence-corrected chi connectivity index (χ2v) is 5.07. The van der Waals surface area contributed by atoms with E-state index in [1.54, 1.807) is 24.3 Å². The molecule has 0 atom stereocenters. The van der Waals surface area contributed by atoms with Crippen molar-refractivity contribution in [3.05, 3.63) is 65.5 Å². The molecule has 0 spiro atoms. The fraction of sp³-hybridized carbons (Fsp3) is 0.0625. The fourth-order valence-electron chi connectivity index (χ4n) is 1.93. The topological polar surface area (TPSA) is 80.1 Å². The van der Waals surface area contributed by atoms with Crippen molar-refractivity contribution in [2.24, 2.45) is 0 Å². The highest BCUT2D eigenvalue weighted by atomic mass is 35.5. The van der Waals surface area contributed by atoms with Crippen LogP contribution in [0.5, 0.6) is 0 Å². The molecule has 0 aliphatic heterocycles. The molecular weight excluding hydrogens is 316 g/mol. The minimum absolute atomic E-state index is 0.121. The average Bonchev–Trinajstić information content (AvgIpc) is 3.03. The van der Waals surface area contributed by atoms with Gasteiger partial charge in [-0.15, -0.1) is 0 Å². The SMILES string of the molecule is O=C(NCc1nc(-c2ccccc2Cl)no1)Nc1ccccc1. The molecule has 0 saturated heterocycles. The summed E-state index contributed by atoms with van der Waals surface area (Å²) in [4.78, 5) is 16.0. The molecule has 3 aromatic rings. The Morgan fingerprint density at radius 2 is 1.83 bits per heavy atom. The molecule has 0 bridgehead atoms. The molecule has 0 fully saturated rings. The molecule has 23 heavy (non-hydrogen) atoms. The lowest BCUT2D eigenvalue weighted by molar-refractivity contribution is 0.249. The first-order valence-electron chi connectivity index (χ1n) is 6.90. The summed E-state index contributed by atoms with van der Waals surface area (Å²) >= 11 is 6.08. The summed E-state index contributed by atoms with van der Waals surface area (Å²) in [6.07, 6.45) is 0. The van der Waals surface area contributed by atoms with Crippen LogP contribution in [-0.4, -0.2) is 16.2 Å². The van der Waals surface area contributed by atoms with Crippen LogP contribution in [0, 0.1) is 0 Å². The predicted molar refractivity (Wildman–Crippen MR) is 87.0 cm³/mol. The van der Waals surface area contributed by atoms with Gasteiger partial charge in [0.05, 0.1) is 11.6 Å². The number of benzene rings is 2. The van der Waals surface area contributed by atoms with Crippen molar-refractivity contribution in [1.82, 2.24) is 15.5 Å². The lowest BCUT2D eigenvalue weighted by atomic mass is 10.2. The zero-order valence-corrected chi connectivity index (χ0v) is 12.7. The summed E-state index contributed by atoms with van der Waals surface area (Å²) in [6.45, 7) is 0.121. The van der Waals surface area contributed by atoms with Gasteiger partial charge in [-0.2, -0.15) is 4.98 Å². The van der Waals surface area contributed by atoms with Gasteiger partial charge in [-0.1, -0.05) is 47.1 Å². The molecule has 7 heteroatoms. The average molecular weight is 329 g/mol. The molecule has 0 aliphatic carbocycles. The van der Waals surface area contributed by atoms with Crippen molar-refractivity contribution in [2.45, 2.75) is 6.54 Å². The van der Waals surface area contributed by atoms with Crippen LogP contribution in [0.15, 0.2) is 59.1 Å². The van der Waals surface area contributed by atoms with Crippen LogP contribution >= 0.6 is 11.6 Å². The molecule has 0 saturated carbocycles. The molecule has 6 nitrogen and oxygen atoms in total. The number of urea groups is 1. The Bertz CT molecular complexity index is 805. The van der Waals surface area contributed by atoms with Gasteiger partial charge >= 0.3 is 6.03 Å². The number of carbonyl (C=O) groups is 1. The predicted octanol–water partition coefficient (Wildman–Crippen LogP) is 3.71. The fourth-order valence-corrected chi connectivity index (χ4v) is 2.15. The number of anilines is 1. The van der Waals surface area contributed by atoms with E-state index in [0.717, 1.165) is 0 Å². The van der Waals surface area contributed by atoms with Crippen LogP contribution in [0.2, 0.25) is 5.02 Å². The molecule has 0 unspecified atom stereocenters. The standard InChI is InChI=1S/C16H13ClN4O2/c17-13-9-5-4-8-12(13)15-20-14(23-21-15)10-18-16(22)19-11-6-2-1-3-7-11/h1-9H,10H2,(H2,18,19,22). The molecule has 0 aliphatic rings. The molecule has 2 N–H and O–H groups in total. The lowest BCUT2D eigenvalue weighted by Crippen LogP contribution is -2.28. The van der Waals surface area contributed by atoms with Gasteiger partial charge in [-0.25, -0.2) is 4.79 Å². The number of hydrogen-bond donors (Lipinski definition) is 2. The molecule has 0 radical (unpaired) electrons. The highest BCUT2D eigenvalue weighted by molar-refractivity contribution is 6.33. The Morgan fingerprint density at radius 3 is 2.61 bits per heavy atom. The van der Waals surface area contributed by atoms with Crippen LogP contribution in [0.3, 0.4) is 0 Å². The third-order valence-electron chi connectivity index (χ3n) is 3.01. The third kappa shape index (κ3) is 3.87. The summed E-state index contributed by atoms with van der Waals surface area (Å²) in [5, 5.41) is 9.75. The lowest BCUT2D eigenvalue weighted by Gasteiger charge is -2.05. The van der Waals surface area contributed by atoms with Crippen molar-refractivity contribution >= 4 is 23.3 Å². The van der Waals surface area contributed by atoms with Gasteiger partial charge in [-0.3, -0.25) is 0 Å². The van der Waals surface area contributed by atoms with E-state index in [0.29, 0.717) is 28.0 Å². The minimum atomic E-state index is -0.353. The zero-order valence-electron chi connectivity index (χ0n) is 12.0. The van der Waals surface area contributed by atoms with Gasteiger partial charge < -0.3 is 15.2 Å². The summed E-state index contributed by atoms with van der Waals surface area (Å²) in [5.41, 5.74) is 1.38. The van der Waals surface area contributed by atoms with Crippen LogP contribution in [-0.2, 0) is 6.54 Å². The van der Waals surface area contributed by atoms with Gasteiger partial charge in [0, 0.05) is 11.3 Å². The number of rotatable bonds is 4. The van der Waals surface area contributed by atoms with Crippen LogP contribution in [0.1, 0.15) is 5.89 Å². The maximum Gasteiger partial charge on any atom is 0.319 e.